The maximum Gasteiger partial charge on any atom is 0.342 e. The van der Waals surface area contributed by atoms with Crippen molar-refractivity contribution >= 4 is 29.2 Å². The van der Waals surface area contributed by atoms with E-state index in [0.29, 0.717) is 16.5 Å². The summed E-state index contributed by atoms with van der Waals surface area (Å²) in [5.41, 5.74) is 1.79. The van der Waals surface area contributed by atoms with E-state index in [1.54, 1.807) is 60.7 Å². The van der Waals surface area contributed by atoms with Gasteiger partial charge >= 0.3 is 5.97 Å². The van der Waals surface area contributed by atoms with Crippen molar-refractivity contribution in [3.05, 3.63) is 95.0 Å². The monoisotopic (exact) mass is 409 g/mol. The Kier molecular flexibility index (Phi) is 6.87. The van der Waals surface area contributed by atoms with Crippen LogP contribution in [-0.4, -0.2) is 18.0 Å². The van der Waals surface area contributed by atoms with Crippen LogP contribution in [0, 0.1) is 0 Å². The molecular weight excluding hydrogens is 390 g/mol. The summed E-state index contributed by atoms with van der Waals surface area (Å²) >= 11 is 5.89. The number of anilines is 1. The number of rotatable bonds is 7. The molecule has 0 fully saturated rings. The number of nitrogens with one attached hydrogen (secondary N) is 1. The lowest BCUT2D eigenvalue weighted by Crippen LogP contribution is -2.30. The molecule has 0 saturated heterocycles. The second-order valence-electron chi connectivity index (χ2n) is 6.31. The zero-order chi connectivity index (χ0) is 20.6. The van der Waals surface area contributed by atoms with Crippen molar-refractivity contribution in [3.63, 3.8) is 0 Å². The van der Waals surface area contributed by atoms with E-state index in [2.05, 4.69) is 5.32 Å². The smallest absolute Gasteiger partial charge is 0.342 e. The third kappa shape index (κ3) is 5.83. The molecule has 0 radical (unpaired) electrons. The average Bonchev–Trinajstić information content (AvgIpc) is 2.74. The highest BCUT2D eigenvalue weighted by atomic mass is 35.5. The van der Waals surface area contributed by atoms with Crippen LogP contribution in [0.5, 0.6) is 5.75 Å². The molecule has 1 amide bonds. The maximum atomic E-state index is 12.6. The van der Waals surface area contributed by atoms with Crippen LogP contribution in [0.1, 0.15) is 22.8 Å². The summed E-state index contributed by atoms with van der Waals surface area (Å²) in [7, 11) is 0. The second kappa shape index (κ2) is 9.75. The summed E-state index contributed by atoms with van der Waals surface area (Å²) in [6, 6.07) is 23.0. The number of benzene rings is 3. The molecule has 1 atom stereocenters. The first kappa shape index (κ1) is 20.4. The first-order valence-electron chi connectivity index (χ1n) is 9.06. The molecule has 0 aliphatic heterocycles. The minimum absolute atomic E-state index is 0.251. The van der Waals surface area contributed by atoms with E-state index in [1.165, 1.54) is 6.92 Å². The fourth-order valence-electron chi connectivity index (χ4n) is 2.55. The van der Waals surface area contributed by atoms with Crippen LogP contribution in [-0.2, 0) is 16.1 Å². The Morgan fingerprint density at radius 3 is 2.31 bits per heavy atom. The number of ether oxygens (including phenoxy) is 2. The van der Waals surface area contributed by atoms with Gasteiger partial charge in [0, 0.05) is 10.7 Å². The van der Waals surface area contributed by atoms with Gasteiger partial charge in [0.15, 0.2) is 6.10 Å². The molecule has 148 valence electrons. The van der Waals surface area contributed by atoms with Gasteiger partial charge in [-0.2, -0.15) is 0 Å². The molecule has 0 aromatic heterocycles. The molecule has 0 bridgehead atoms. The molecule has 3 aromatic rings. The van der Waals surface area contributed by atoms with Crippen molar-refractivity contribution in [3.8, 4) is 5.75 Å². The van der Waals surface area contributed by atoms with Crippen molar-refractivity contribution < 1.29 is 19.1 Å². The number of carbonyl (C=O) groups is 2. The number of halogens is 1. The van der Waals surface area contributed by atoms with Crippen molar-refractivity contribution in [2.24, 2.45) is 0 Å². The van der Waals surface area contributed by atoms with Gasteiger partial charge in [0.1, 0.15) is 17.9 Å². The summed E-state index contributed by atoms with van der Waals surface area (Å²) in [4.78, 5) is 24.9. The summed E-state index contributed by atoms with van der Waals surface area (Å²) in [6.07, 6.45) is -0.966. The van der Waals surface area contributed by atoms with Crippen LogP contribution in [0.3, 0.4) is 0 Å². The standard InChI is InChI=1S/C23H20ClNO4/c1-16(22(26)25-19-7-3-2-4-8-19)29-23(27)20-9-5-6-10-21(20)28-15-17-11-13-18(24)14-12-17/h2-14,16H,15H2,1H3,(H,25,26)/t16-/m0/s1. The quantitative estimate of drug-likeness (QED) is 0.551. The highest BCUT2D eigenvalue weighted by Gasteiger charge is 2.21. The molecule has 3 aromatic carbocycles. The fraction of sp³-hybridized carbons (Fsp3) is 0.130. The molecule has 6 heteroatoms. The van der Waals surface area contributed by atoms with E-state index in [0.717, 1.165) is 5.56 Å². The maximum absolute atomic E-state index is 12.6. The third-order valence-electron chi connectivity index (χ3n) is 4.11. The first-order chi connectivity index (χ1) is 14.0. The summed E-state index contributed by atoms with van der Waals surface area (Å²) < 4.78 is 11.1. The number of esters is 1. The predicted octanol–water partition coefficient (Wildman–Crippen LogP) is 5.10. The van der Waals surface area contributed by atoms with E-state index in [4.69, 9.17) is 21.1 Å². The molecule has 0 heterocycles. The zero-order valence-corrected chi connectivity index (χ0v) is 16.6. The SMILES string of the molecule is C[C@H](OC(=O)c1ccccc1OCc1ccc(Cl)cc1)C(=O)Nc1ccccc1. The Morgan fingerprint density at radius 2 is 1.59 bits per heavy atom. The average molecular weight is 410 g/mol. The first-order valence-corrected chi connectivity index (χ1v) is 9.44. The molecule has 0 spiro atoms. The van der Waals surface area contributed by atoms with Crippen LogP contribution < -0.4 is 10.1 Å². The molecule has 5 nitrogen and oxygen atoms in total. The number of hydrogen-bond donors (Lipinski definition) is 1. The summed E-state index contributed by atoms with van der Waals surface area (Å²) in [5, 5.41) is 3.35. The second-order valence-corrected chi connectivity index (χ2v) is 6.75. The Balaban J connectivity index is 1.62. The Morgan fingerprint density at radius 1 is 0.931 bits per heavy atom. The number of para-hydroxylation sites is 2. The van der Waals surface area contributed by atoms with Gasteiger partial charge in [-0.15, -0.1) is 0 Å². The van der Waals surface area contributed by atoms with Gasteiger partial charge in [-0.05, 0) is 48.9 Å². The van der Waals surface area contributed by atoms with E-state index >= 15 is 0 Å². The normalized spacial score (nSPS) is 11.4. The zero-order valence-electron chi connectivity index (χ0n) is 15.8. The number of carbonyl (C=O) groups excluding carboxylic acids is 2. The number of hydrogen-bond acceptors (Lipinski definition) is 4. The van der Waals surface area contributed by atoms with Gasteiger partial charge in [0.25, 0.3) is 5.91 Å². The lowest BCUT2D eigenvalue weighted by molar-refractivity contribution is -0.123. The summed E-state index contributed by atoms with van der Waals surface area (Å²) in [5.74, 6) is -0.667. The van der Waals surface area contributed by atoms with Gasteiger partial charge in [0.05, 0.1) is 0 Å². The molecule has 0 unspecified atom stereocenters. The minimum atomic E-state index is -0.966. The molecular formula is C23H20ClNO4. The third-order valence-corrected chi connectivity index (χ3v) is 4.36. The fourth-order valence-corrected chi connectivity index (χ4v) is 2.67. The molecule has 29 heavy (non-hydrogen) atoms. The van der Waals surface area contributed by atoms with Gasteiger partial charge in [0.2, 0.25) is 0 Å². The van der Waals surface area contributed by atoms with Gasteiger partial charge < -0.3 is 14.8 Å². The lowest BCUT2D eigenvalue weighted by atomic mass is 10.2. The molecule has 1 N–H and O–H groups in total. The van der Waals surface area contributed by atoms with Crippen LogP contribution in [0.4, 0.5) is 5.69 Å². The largest absolute Gasteiger partial charge is 0.488 e. The van der Waals surface area contributed by atoms with Gasteiger partial charge in [-0.1, -0.05) is 54.1 Å². The molecule has 0 saturated carbocycles. The van der Waals surface area contributed by atoms with E-state index in [-0.39, 0.29) is 12.2 Å². The van der Waals surface area contributed by atoms with Gasteiger partial charge in [-0.25, -0.2) is 4.79 Å². The van der Waals surface area contributed by atoms with E-state index in [9.17, 15) is 9.59 Å². The van der Waals surface area contributed by atoms with Crippen LogP contribution in [0.15, 0.2) is 78.9 Å². The van der Waals surface area contributed by atoms with Crippen molar-refractivity contribution in [2.75, 3.05) is 5.32 Å². The van der Waals surface area contributed by atoms with Crippen molar-refractivity contribution in [2.45, 2.75) is 19.6 Å². The molecule has 3 rings (SSSR count). The van der Waals surface area contributed by atoms with E-state index < -0.39 is 18.0 Å². The molecule has 0 aliphatic carbocycles. The Bertz CT molecular complexity index is 974. The highest BCUT2D eigenvalue weighted by Crippen LogP contribution is 2.21. The van der Waals surface area contributed by atoms with E-state index in [1.807, 2.05) is 18.2 Å². The van der Waals surface area contributed by atoms with Crippen molar-refractivity contribution in [1.82, 2.24) is 0 Å². The predicted molar refractivity (Wildman–Crippen MR) is 112 cm³/mol. The number of amides is 1. The minimum Gasteiger partial charge on any atom is -0.488 e. The van der Waals surface area contributed by atoms with Crippen molar-refractivity contribution in [1.29, 1.82) is 0 Å². The van der Waals surface area contributed by atoms with Gasteiger partial charge in [-0.3, -0.25) is 4.79 Å². The Labute approximate surface area is 174 Å². The summed E-state index contributed by atoms with van der Waals surface area (Å²) in [6.45, 7) is 1.79. The van der Waals surface area contributed by atoms with Crippen LogP contribution >= 0.6 is 11.6 Å². The van der Waals surface area contributed by atoms with Crippen LogP contribution in [0.25, 0.3) is 0 Å². The van der Waals surface area contributed by atoms with Crippen LogP contribution in [0.2, 0.25) is 5.02 Å². The topological polar surface area (TPSA) is 64.6 Å². The highest BCUT2D eigenvalue weighted by molar-refractivity contribution is 6.30. The lowest BCUT2D eigenvalue weighted by Gasteiger charge is -2.15. The Hall–Kier alpha value is -3.31. The molecule has 0 aliphatic rings.